The molecule has 2 aromatic rings. The van der Waals surface area contributed by atoms with E-state index in [2.05, 4.69) is 40.8 Å². The second-order valence-corrected chi connectivity index (χ2v) is 4.86. The fourth-order valence-electron chi connectivity index (χ4n) is 2.10. The number of rotatable bonds is 5. The topological polar surface area (TPSA) is 39.1 Å². The number of anilines is 2. The summed E-state index contributed by atoms with van der Waals surface area (Å²) < 4.78 is 7.34. The Kier molecular flexibility index (Phi) is 4.22. The Bertz CT molecular complexity index is 548. The van der Waals surface area contributed by atoms with Gasteiger partial charge in [-0.3, -0.25) is 0 Å². The third kappa shape index (κ3) is 3.15. The van der Waals surface area contributed by atoms with Crippen LogP contribution in [0.1, 0.15) is 24.2 Å². The van der Waals surface area contributed by atoms with Crippen LogP contribution in [0, 0.1) is 13.8 Å². The summed E-state index contributed by atoms with van der Waals surface area (Å²) in [6.07, 6.45) is 2.05. The molecule has 0 bridgehead atoms. The zero-order valence-electron chi connectivity index (χ0n) is 12.0. The molecule has 4 nitrogen and oxygen atoms in total. The van der Waals surface area contributed by atoms with Gasteiger partial charge >= 0.3 is 0 Å². The van der Waals surface area contributed by atoms with Gasteiger partial charge in [0.05, 0.1) is 18.3 Å². The second-order valence-electron chi connectivity index (χ2n) is 4.86. The van der Waals surface area contributed by atoms with Crippen LogP contribution in [-0.4, -0.2) is 23.3 Å². The van der Waals surface area contributed by atoms with Gasteiger partial charge in [-0.05, 0) is 32.4 Å². The molecule has 0 fully saturated rings. The maximum Gasteiger partial charge on any atom is 0.207 e. The highest BCUT2D eigenvalue weighted by Crippen LogP contribution is 2.22. The minimum absolute atomic E-state index is 0.248. The summed E-state index contributed by atoms with van der Waals surface area (Å²) in [6, 6.07) is 8.45. The number of hydrogen-bond donors (Lipinski definition) is 1. The number of para-hydroxylation sites is 1. The number of nitrogens with zero attached hydrogens (tertiary/aromatic N) is 2. The number of aromatic nitrogens is 2. The maximum absolute atomic E-state index is 5.22. The van der Waals surface area contributed by atoms with Crippen LogP contribution in [0.25, 0.3) is 0 Å². The molecule has 0 saturated heterocycles. The Morgan fingerprint density at radius 3 is 2.74 bits per heavy atom. The van der Waals surface area contributed by atoms with Gasteiger partial charge in [0.1, 0.15) is 0 Å². The summed E-state index contributed by atoms with van der Waals surface area (Å²) in [5.74, 6) is 0.858. The molecule has 0 spiro atoms. The molecule has 1 unspecified atom stereocenters. The Hall–Kier alpha value is -1.81. The van der Waals surface area contributed by atoms with Crippen molar-refractivity contribution in [2.24, 2.45) is 0 Å². The van der Waals surface area contributed by atoms with Gasteiger partial charge in [-0.2, -0.15) is 0 Å². The third-order valence-electron chi connectivity index (χ3n) is 3.13. The molecule has 0 radical (unpaired) electrons. The molecular formula is C15H21N3O. The van der Waals surface area contributed by atoms with Gasteiger partial charge < -0.3 is 14.6 Å². The first-order chi connectivity index (χ1) is 9.11. The molecule has 102 valence electrons. The van der Waals surface area contributed by atoms with Crippen molar-refractivity contribution in [3.05, 3.63) is 41.7 Å². The van der Waals surface area contributed by atoms with Crippen molar-refractivity contribution in [2.75, 3.05) is 19.0 Å². The first kappa shape index (κ1) is 13.6. The Morgan fingerprint density at radius 2 is 2.05 bits per heavy atom. The van der Waals surface area contributed by atoms with Crippen LogP contribution in [0.15, 0.2) is 30.5 Å². The van der Waals surface area contributed by atoms with E-state index in [9.17, 15) is 0 Å². The van der Waals surface area contributed by atoms with Gasteiger partial charge in [-0.1, -0.05) is 18.2 Å². The molecule has 4 heteroatoms. The predicted octanol–water partition coefficient (Wildman–Crippen LogP) is 3.45. The van der Waals surface area contributed by atoms with E-state index in [0.717, 1.165) is 17.3 Å². The van der Waals surface area contributed by atoms with Crippen LogP contribution in [0.4, 0.5) is 11.6 Å². The monoisotopic (exact) mass is 259 g/mol. The summed E-state index contributed by atoms with van der Waals surface area (Å²) in [5, 5.41) is 3.40. The smallest absolute Gasteiger partial charge is 0.207 e. The molecule has 1 aromatic heterocycles. The van der Waals surface area contributed by atoms with Gasteiger partial charge in [-0.15, -0.1) is 0 Å². The molecule has 1 N–H and O–H groups in total. The van der Waals surface area contributed by atoms with Crippen molar-refractivity contribution in [3.8, 4) is 0 Å². The summed E-state index contributed by atoms with van der Waals surface area (Å²) in [4.78, 5) is 4.55. The minimum Gasteiger partial charge on any atom is -0.383 e. The van der Waals surface area contributed by atoms with Crippen LogP contribution < -0.4 is 5.32 Å². The lowest BCUT2D eigenvalue weighted by molar-refractivity contribution is 0.163. The van der Waals surface area contributed by atoms with Crippen LogP contribution >= 0.6 is 0 Å². The van der Waals surface area contributed by atoms with E-state index >= 15 is 0 Å². The molecule has 1 heterocycles. The maximum atomic E-state index is 5.22. The lowest BCUT2D eigenvalue weighted by atomic mass is 10.2. The van der Waals surface area contributed by atoms with Gasteiger partial charge in [-0.25, -0.2) is 4.98 Å². The lowest BCUT2D eigenvalue weighted by Gasteiger charge is -2.16. The fraction of sp³-hybridized carbons (Fsp3) is 0.400. The molecule has 19 heavy (non-hydrogen) atoms. The van der Waals surface area contributed by atoms with E-state index in [0.29, 0.717) is 6.61 Å². The Labute approximate surface area is 114 Å². The average molecular weight is 259 g/mol. The highest BCUT2D eigenvalue weighted by Gasteiger charge is 2.12. The zero-order valence-corrected chi connectivity index (χ0v) is 12.0. The highest BCUT2D eigenvalue weighted by atomic mass is 16.5. The van der Waals surface area contributed by atoms with Crippen LogP contribution in [0.3, 0.4) is 0 Å². The van der Waals surface area contributed by atoms with Crippen molar-refractivity contribution in [1.29, 1.82) is 0 Å². The van der Waals surface area contributed by atoms with Gasteiger partial charge in [0, 0.05) is 19.0 Å². The molecule has 0 saturated carbocycles. The van der Waals surface area contributed by atoms with Crippen molar-refractivity contribution in [1.82, 2.24) is 9.55 Å². The molecule has 2 rings (SSSR count). The first-order valence-corrected chi connectivity index (χ1v) is 6.49. The number of aryl methyl sites for hydroxylation is 2. The Morgan fingerprint density at radius 1 is 1.32 bits per heavy atom. The van der Waals surface area contributed by atoms with E-state index in [1.807, 2.05) is 25.3 Å². The van der Waals surface area contributed by atoms with E-state index < -0.39 is 0 Å². The Balaban J connectivity index is 2.27. The SMILES string of the molecule is COCC(C)n1cc(C)nc1Nc1ccccc1C. The van der Waals surface area contributed by atoms with Crippen molar-refractivity contribution in [3.63, 3.8) is 0 Å². The van der Waals surface area contributed by atoms with Crippen LogP contribution in [-0.2, 0) is 4.74 Å². The van der Waals surface area contributed by atoms with E-state index in [-0.39, 0.29) is 6.04 Å². The average Bonchev–Trinajstić information content (AvgIpc) is 2.74. The normalized spacial score (nSPS) is 12.4. The lowest BCUT2D eigenvalue weighted by Crippen LogP contribution is -2.13. The number of nitrogens with one attached hydrogen (secondary N) is 1. The minimum atomic E-state index is 0.248. The quantitative estimate of drug-likeness (QED) is 0.894. The first-order valence-electron chi connectivity index (χ1n) is 6.49. The van der Waals surface area contributed by atoms with Crippen LogP contribution in [0.2, 0.25) is 0 Å². The van der Waals surface area contributed by atoms with Crippen molar-refractivity contribution >= 4 is 11.6 Å². The molecule has 0 aliphatic rings. The van der Waals surface area contributed by atoms with E-state index in [1.54, 1.807) is 7.11 Å². The number of ether oxygens (including phenoxy) is 1. The summed E-state index contributed by atoms with van der Waals surface area (Å²) >= 11 is 0. The standard InChI is InChI=1S/C15H21N3O/c1-11-7-5-6-8-14(11)17-15-16-12(2)9-18(15)13(3)10-19-4/h5-9,13H,10H2,1-4H3,(H,16,17). The summed E-state index contributed by atoms with van der Waals surface area (Å²) in [6.45, 7) is 6.87. The molecule has 0 amide bonds. The van der Waals surface area contributed by atoms with E-state index in [1.165, 1.54) is 5.56 Å². The van der Waals surface area contributed by atoms with Gasteiger partial charge in [0.25, 0.3) is 0 Å². The van der Waals surface area contributed by atoms with Crippen LogP contribution in [0.5, 0.6) is 0 Å². The summed E-state index contributed by atoms with van der Waals surface area (Å²) in [5.41, 5.74) is 3.28. The van der Waals surface area contributed by atoms with Crippen molar-refractivity contribution in [2.45, 2.75) is 26.8 Å². The van der Waals surface area contributed by atoms with Gasteiger partial charge in [0.15, 0.2) is 0 Å². The highest BCUT2D eigenvalue weighted by molar-refractivity contribution is 5.58. The van der Waals surface area contributed by atoms with E-state index in [4.69, 9.17) is 4.74 Å². The van der Waals surface area contributed by atoms with Crippen molar-refractivity contribution < 1.29 is 4.74 Å². The third-order valence-corrected chi connectivity index (χ3v) is 3.13. The second kappa shape index (κ2) is 5.89. The molecule has 0 aliphatic heterocycles. The molecule has 0 aliphatic carbocycles. The molecule has 1 atom stereocenters. The van der Waals surface area contributed by atoms with Gasteiger partial charge in [0.2, 0.25) is 5.95 Å². The summed E-state index contributed by atoms with van der Waals surface area (Å²) in [7, 11) is 1.72. The predicted molar refractivity (Wildman–Crippen MR) is 78.0 cm³/mol. The number of hydrogen-bond acceptors (Lipinski definition) is 3. The number of methoxy groups -OCH3 is 1. The zero-order chi connectivity index (χ0) is 13.8. The fourth-order valence-corrected chi connectivity index (χ4v) is 2.10. The number of imidazole rings is 1. The largest absolute Gasteiger partial charge is 0.383 e. The number of benzene rings is 1. The molecular weight excluding hydrogens is 238 g/mol. The molecule has 1 aromatic carbocycles.